The molecule has 0 aromatic heterocycles. The first-order chi connectivity index (χ1) is 8.63. The second-order valence-electron chi connectivity index (χ2n) is 4.77. The van der Waals surface area contributed by atoms with Gasteiger partial charge in [-0.1, -0.05) is 26.0 Å². The fraction of sp³-hybridized carbons (Fsp3) is 0.600. The number of anilines is 1. The van der Waals surface area contributed by atoms with Gasteiger partial charge in [0.1, 0.15) is 0 Å². The average Bonchev–Trinajstić information content (AvgIpc) is 2.39. The second-order valence-corrected chi connectivity index (χ2v) is 4.77. The minimum atomic E-state index is 0.0680. The number of aliphatic hydroxyl groups excluding tert-OH is 1. The van der Waals surface area contributed by atoms with E-state index in [4.69, 9.17) is 5.73 Å². The van der Waals surface area contributed by atoms with Gasteiger partial charge in [-0.2, -0.15) is 0 Å². The summed E-state index contributed by atoms with van der Waals surface area (Å²) < 4.78 is 0. The molecule has 0 unspecified atom stereocenters. The molecular weight excluding hydrogens is 224 g/mol. The summed E-state index contributed by atoms with van der Waals surface area (Å²) in [6.45, 7) is 7.24. The zero-order valence-electron chi connectivity index (χ0n) is 11.8. The minimum absolute atomic E-state index is 0.0680. The molecule has 0 amide bonds. The third-order valence-corrected chi connectivity index (χ3v) is 3.47. The van der Waals surface area contributed by atoms with Crippen LogP contribution in [0, 0.1) is 0 Å². The summed E-state index contributed by atoms with van der Waals surface area (Å²) in [5.41, 5.74) is 8.17. The van der Waals surface area contributed by atoms with E-state index in [1.165, 1.54) is 5.69 Å². The molecule has 3 heteroatoms. The maximum absolute atomic E-state index is 9.22. The number of hydrogen-bond donors (Lipinski definition) is 2. The van der Waals surface area contributed by atoms with Crippen LogP contribution in [-0.4, -0.2) is 24.3 Å². The summed E-state index contributed by atoms with van der Waals surface area (Å²) in [6.07, 6.45) is 2.18. The van der Waals surface area contributed by atoms with Crippen LogP contribution in [0.4, 0.5) is 5.69 Å². The second kappa shape index (κ2) is 7.39. The van der Waals surface area contributed by atoms with Crippen LogP contribution in [0.25, 0.3) is 0 Å². The van der Waals surface area contributed by atoms with Gasteiger partial charge < -0.3 is 15.7 Å². The molecular formula is C15H26N2O. The van der Waals surface area contributed by atoms with Crippen LogP contribution in [0.3, 0.4) is 0 Å². The Morgan fingerprint density at radius 3 is 2.11 bits per heavy atom. The Labute approximate surface area is 111 Å². The highest BCUT2D eigenvalue weighted by Crippen LogP contribution is 2.22. The van der Waals surface area contributed by atoms with E-state index in [9.17, 15) is 5.11 Å². The first-order valence-electron chi connectivity index (χ1n) is 6.87. The van der Waals surface area contributed by atoms with Crippen molar-refractivity contribution in [3.63, 3.8) is 0 Å². The van der Waals surface area contributed by atoms with Crippen molar-refractivity contribution < 1.29 is 5.11 Å². The number of nitrogens with two attached hydrogens (primary N) is 1. The Morgan fingerprint density at radius 2 is 1.72 bits per heavy atom. The molecule has 0 fully saturated rings. The van der Waals surface area contributed by atoms with E-state index < -0.39 is 0 Å². The van der Waals surface area contributed by atoms with Crippen LogP contribution in [0.1, 0.15) is 45.2 Å². The maximum Gasteiger partial charge on any atom is 0.0606 e. The molecule has 0 heterocycles. The number of rotatable bonds is 7. The fourth-order valence-corrected chi connectivity index (χ4v) is 2.33. The summed E-state index contributed by atoms with van der Waals surface area (Å²) in [5.74, 6) is 0. The van der Waals surface area contributed by atoms with E-state index in [0.717, 1.165) is 18.4 Å². The summed E-state index contributed by atoms with van der Waals surface area (Å²) in [7, 11) is 0. The van der Waals surface area contributed by atoms with Crippen molar-refractivity contribution in [2.24, 2.45) is 5.73 Å². The SMILES string of the molecule is CCC(CC)N(CCO)c1ccc([C@H](C)N)cc1. The molecule has 3 nitrogen and oxygen atoms in total. The molecule has 0 aliphatic heterocycles. The Bertz CT molecular complexity index is 331. The monoisotopic (exact) mass is 250 g/mol. The fourth-order valence-electron chi connectivity index (χ4n) is 2.33. The molecule has 0 radical (unpaired) electrons. The molecule has 0 aliphatic carbocycles. The van der Waals surface area contributed by atoms with Gasteiger partial charge in [-0.15, -0.1) is 0 Å². The van der Waals surface area contributed by atoms with Crippen LogP contribution < -0.4 is 10.6 Å². The number of benzene rings is 1. The van der Waals surface area contributed by atoms with Gasteiger partial charge in [-0.25, -0.2) is 0 Å². The van der Waals surface area contributed by atoms with E-state index in [0.29, 0.717) is 12.6 Å². The molecule has 0 saturated heterocycles. The highest BCUT2D eigenvalue weighted by molar-refractivity contribution is 5.49. The summed E-state index contributed by atoms with van der Waals surface area (Å²) >= 11 is 0. The number of nitrogens with zero attached hydrogens (tertiary/aromatic N) is 1. The third-order valence-electron chi connectivity index (χ3n) is 3.47. The molecule has 18 heavy (non-hydrogen) atoms. The lowest BCUT2D eigenvalue weighted by atomic mass is 10.1. The molecule has 1 aromatic carbocycles. The Hall–Kier alpha value is -1.06. The van der Waals surface area contributed by atoms with Crippen LogP contribution in [0.2, 0.25) is 0 Å². The average molecular weight is 250 g/mol. The van der Waals surface area contributed by atoms with Gasteiger partial charge >= 0.3 is 0 Å². The van der Waals surface area contributed by atoms with Crippen molar-refractivity contribution in [1.29, 1.82) is 0 Å². The Morgan fingerprint density at radius 1 is 1.17 bits per heavy atom. The van der Waals surface area contributed by atoms with E-state index in [1.54, 1.807) is 0 Å². The zero-order valence-corrected chi connectivity index (χ0v) is 11.8. The Balaban J connectivity index is 2.91. The maximum atomic E-state index is 9.22. The first-order valence-corrected chi connectivity index (χ1v) is 6.87. The highest BCUT2D eigenvalue weighted by atomic mass is 16.3. The third kappa shape index (κ3) is 3.72. The molecule has 1 aromatic rings. The lowest BCUT2D eigenvalue weighted by Gasteiger charge is -2.32. The largest absolute Gasteiger partial charge is 0.395 e. The highest BCUT2D eigenvalue weighted by Gasteiger charge is 2.15. The van der Waals surface area contributed by atoms with Gasteiger partial charge in [-0.3, -0.25) is 0 Å². The standard InChI is InChI=1S/C15H26N2O/c1-4-14(5-2)17(10-11-18)15-8-6-13(7-9-15)12(3)16/h6-9,12,14,18H,4-5,10-11,16H2,1-3H3/t12-/m0/s1. The predicted molar refractivity (Wildman–Crippen MR) is 77.8 cm³/mol. The zero-order chi connectivity index (χ0) is 13.5. The number of aliphatic hydroxyl groups is 1. The van der Waals surface area contributed by atoms with Gasteiger partial charge in [0.05, 0.1) is 6.61 Å². The minimum Gasteiger partial charge on any atom is -0.395 e. The Kier molecular flexibility index (Phi) is 6.16. The van der Waals surface area contributed by atoms with Crippen LogP contribution in [0.15, 0.2) is 24.3 Å². The van der Waals surface area contributed by atoms with E-state index in [-0.39, 0.29) is 12.6 Å². The van der Waals surface area contributed by atoms with Gasteiger partial charge in [0.25, 0.3) is 0 Å². The molecule has 102 valence electrons. The quantitative estimate of drug-likeness (QED) is 0.782. The molecule has 0 spiro atoms. The van der Waals surface area contributed by atoms with Crippen molar-refractivity contribution in [2.45, 2.75) is 45.7 Å². The summed E-state index contributed by atoms with van der Waals surface area (Å²) in [5, 5.41) is 9.22. The molecule has 1 rings (SSSR count). The molecule has 0 saturated carbocycles. The molecule has 3 N–H and O–H groups in total. The van der Waals surface area contributed by atoms with Crippen molar-refractivity contribution >= 4 is 5.69 Å². The molecule has 0 aliphatic rings. The predicted octanol–water partition coefficient (Wildman–Crippen LogP) is 2.69. The lowest BCUT2D eigenvalue weighted by Crippen LogP contribution is -2.36. The van der Waals surface area contributed by atoms with E-state index in [2.05, 4.69) is 43.0 Å². The lowest BCUT2D eigenvalue weighted by molar-refractivity contribution is 0.296. The van der Waals surface area contributed by atoms with Crippen molar-refractivity contribution in [1.82, 2.24) is 0 Å². The van der Waals surface area contributed by atoms with Crippen LogP contribution >= 0.6 is 0 Å². The summed E-state index contributed by atoms with van der Waals surface area (Å²) in [6, 6.07) is 8.91. The van der Waals surface area contributed by atoms with E-state index >= 15 is 0 Å². The van der Waals surface area contributed by atoms with Crippen molar-refractivity contribution in [3.8, 4) is 0 Å². The topological polar surface area (TPSA) is 49.5 Å². The van der Waals surface area contributed by atoms with Gasteiger partial charge in [-0.05, 0) is 37.5 Å². The van der Waals surface area contributed by atoms with Gasteiger partial charge in [0.2, 0.25) is 0 Å². The van der Waals surface area contributed by atoms with Gasteiger partial charge in [0.15, 0.2) is 0 Å². The molecule has 0 bridgehead atoms. The first kappa shape index (κ1) is 15.0. The number of hydrogen-bond acceptors (Lipinski definition) is 3. The van der Waals surface area contributed by atoms with Crippen molar-refractivity contribution in [2.75, 3.05) is 18.1 Å². The van der Waals surface area contributed by atoms with Crippen molar-refractivity contribution in [3.05, 3.63) is 29.8 Å². The normalized spacial score (nSPS) is 12.8. The van der Waals surface area contributed by atoms with E-state index in [1.807, 2.05) is 6.92 Å². The van der Waals surface area contributed by atoms with Crippen LogP contribution in [-0.2, 0) is 0 Å². The smallest absolute Gasteiger partial charge is 0.0606 e. The van der Waals surface area contributed by atoms with Crippen LogP contribution in [0.5, 0.6) is 0 Å². The molecule has 1 atom stereocenters. The van der Waals surface area contributed by atoms with Gasteiger partial charge in [0, 0.05) is 24.3 Å². The summed E-state index contributed by atoms with van der Waals surface area (Å²) in [4.78, 5) is 2.28.